The van der Waals surface area contributed by atoms with Gasteiger partial charge in [0.15, 0.2) is 0 Å². The summed E-state index contributed by atoms with van der Waals surface area (Å²) in [6.45, 7) is 6.34. The molecule has 2 heterocycles. The van der Waals surface area contributed by atoms with E-state index >= 15 is 0 Å². The highest BCUT2D eigenvalue weighted by molar-refractivity contribution is 7.92. The molecule has 33 heavy (non-hydrogen) atoms. The molecule has 2 fully saturated rings. The number of benzene rings is 2. The van der Waals surface area contributed by atoms with E-state index in [-0.39, 0.29) is 16.9 Å². The Morgan fingerprint density at radius 2 is 1.91 bits per heavy atom. The number of aryl methyl sites for hydroxylation is 1. The monoisotopic (exact) mass is 472 g/mol. The van der Waals surface area contributed by atoms with Crippen LogP contribution >= 0.6 is 0 Å². The van der Waals surface area contributed by atoms with Crippen LogP contribution in [-0.4, -0.2) is 59.8 Å². The first-order valence-corrected chi connectivity index (χ1v) is 13.1. The molecule has 0 unspecified atom stereocenters. The molecule has 0 aromatic heterocycles. The molecule has 0 saturated carbocycles. The van der Waals surface area contributed by atoms with Crippen molar-refractivity contribution in [1.29, 1.82) is 0 Å². The van der Waals surface area contributed by atoms with Crippen LogP contribution in [0.1, 0.15) is 35.7 Å². The summed E-state index contributed by atoms with van der Waals surface area (Å²) in [4.78, 5) is 15.1. The van der Waals surface area contributed by atoms with Crippen LogP contribution in [0.2, 0.25) is 0 Å². The number of hydrogen-bond acceptors (Lipinski definition) is 6. The van der Waals surface area contributed by atoms with Gasteiger partial charge in [-0.05, 0) is 55.2 Å². The molecule has 4 rings (SSSR count). The zero-order valence-corrected chi connectivity index (χ0v) is 19.8. The fraction of sp³-hybridized carbons (Fsp3) is 0.458. The number of hydrogen-bond donors (Lipinski definition) is 3. The molecule has 1 atom stereocenters. The minimum absolute atomic E-state index is 0.0399. The van der Waals surface area contributed by atoms with Crippen molar-refractivity contribution in [2.75, 3.05) is 49.0 Å². The molecule has 2 aromatic carbocycles. The second-order valence-electron chi connectivity index (χ2n) is 8.42. The average Bonchev–Trinajstić information content (AvgIpc) is 3.36. The third kappa shape index (κ3) is 5.85. The number of rotatable bonds is 8. The summed E-state index contributed by atoms with van der Waals surface area (Å²) >= 11 is 0. The van der Waals surface area contributed by atoms with Gasteiger partial charge in [0.1, 0.15) is 0 Å². The maximum atomic E-state index is 13.2. The van der Waals surface area contributed by atoms with Crippen LogP contribution in [0.3, 0.4) is 0 Å². The molecule has 2 aliphatic rings. The van der Waals surface area contributed by atoms with Crippen molar-refractivity contribution in [1.82, 2.24) is 10.6 Å². The highest BCUT2D eigenvalue weighted by atomic mass is 32.2. The molecule has 3 N–H and O–H groups in total. The van der Waals surface area contributed by atoms with Gasteiger partial charge in [-0.25, -0.2) is 8.42 Å². The second-order valence-corrected chi connectivity index (χ2v) is 10.1. The molecule has 0 aliphatic carbocycles. The highest BCUT2D eigenvalue weighted by Gasteiger charge is 2.22. The number of nitrogens with zero attached hydrogens (tertiary/aromatic N) is 1. The Morgan fingerprint density at radius 3 is 2.58 bits per heavy atom. The van der Waals surface area contributed by atoms with E-state index in [2.05, 4.69) is 20.3 Å². The van der Waals surface area contributed by atoms with Crippen molar-refractivity contribution >= 4 is 27.3 Å². The Labute approximate surface area is 195 Å². The van der Waals surface area contributed by atoms with Gasteiger partial charge in [0, 0.05) is 44.9 Å². The predicted molar refractivity (Wildman–Crippen MR) is 129 cm³/mol. The van der Waals surface area contributed by atoms with Gasteiger partial charge in [-0.1, -0.05) is 19.1 Å². The van der Waals surface area contributed by atoms with Crippen LogP contribution in [0.25, 0.3) is 0 Å². The number of ether oxygens (including phenoxy) is 1. The summed E-state index contributed by atoms with van der Waals surface area (Å²) in [7, 11) is -3.81. The van der Waals surface area contributed by atoms with Crippen molar-refractivity contribution in [2.45, 2.75) is 37.2 Å². The molecule has 178 valence electrons. The quantitative estimate of drug-likeness (QED) is 0.546. The first kappa shape index (κ1) is 23.5. The molecule has 0 bridgehead atoms. The summed E-state index contributed by atoms with van der Waals surface area (Å²) in [6, 6.07) is 12.1. The molecule has 0 spiro atoms. The van der Waals surface area contributed by atoms with Gasteiger partial charge in [0.25, 0.3) is 15.9 Å². The van der Waals surface area contributed by atoms with E-state index in [0.29, 0.717) is 17.8 Å². The zero-order chi connectivity index (χ0) is 23.3. The van der Waals surface area contributed by atoms with Crippen LogP contribution in [0.15, 0.2) is 47.4 Å². The third-order valence-corrected chi connectivity index (χ3v) is 7.50. The van der Waals surface area contributed by atoms with Gasteiger partial charge in [0.2, 0.25) is 0 Å². The number of nitrogens with one attached hydrogen (secondary N) is 3. The average molecular weight is 473 g/mol. The van der Waals surface area contributed by atoms with Crippen LogP contribution in [0, 0.1) is 0 Å². The van der Waals surface area contributed by atoms with Gasteiger partial charge in [-0.3, -0.25) is 9.52 Å². The maximum absolute atomic E-state index is 13.2. The Hall–Kier alpha value is -2.62. The minimum atomic E-state index is -3.81. The highest BCUT2D eigenvalue weighted by Crippen LogP contribution is 2.30. The van der Waals surface area contributed by atoms with E-state index in [1.807, 2.05) is 25.1 Å². The Morgan fingerprint density at radius 1 is 1.15 bits per heavy atom. The van der Waals surface area contributed by atoms with Gasteiger partial charge in [0.05, 0.1) is 22.4 Å². The van der Waals surface area contributed by atoms with Crippen molar-refractivity contribution in [3.05, 3.63) is 53.6 Å². The first-order chi connectivity index (χ1) is 16.0. The summed E-state index contributed by atoms with van der Waals surface area (Å²) in [5, 5.41) is 6.22. The lowest BCUT2D eigenvalue weighted by atomic mass is 10.1. The summed E-state index contributed by atoms with van der Waals surface area (Å²) in [5.41, 5.74) is 2.65. The van der Waals surface area contributed by atoms with E-state index in [1.165, 1.54) is 0 Å². The Balaban J connectivity index is 1.59. The molecule has 2 aliphatic heterocycles. The molecule has 9 heteroatoms. The molecule has 0 radical (unpaired) electrons. The van der Waals surface area contributed by atoms with E-state index in [0.717, 1.165) is 63.3 Å². The molecule has 2 aromatic rings. The Kier molecular flexibility index (Phi) is 7.52. The standard InChI is InChI=1S/C24H32N4O4S/c1-2-18-5-8-21(9-6-18)33(30,31)27-22-16-19(24(29)26-17-20-4-3-15-32-20)7-10-23(22)28-13-11-25-12-14-28/h5-10,16,20,25,27H,2-4,11-15,17H2,1H3,(H,26,29)/t20-/m0/s1. The van der Waals surface area contributed by atoms with Gasteiger partial charge in [-0.15, -0.1) is 0 Å². The number of piperazine rings is 1. The number of anilines is 2. The van der Waals surface area contributed by atoms with Crippen molar-refractivity contribution in [3.8, 4) is 0 Å². The van der Waals surface area contributed by atoms with Crippen molar-refractivity contribution in [2.24, 2.45) is 0 Å². The SMILES string of the molecule is CCc1ccc(S(=O)(=O)Nc2cc(C(=O)NC[C@@H]3CCCO3)ccc2N2CCNCC2)cc1. The molecule has 1 amide bonds. The topological polar surface area (TPSA) is 99.8 Å². The first-order valence-electron chi connectivity index (χ1n) is 11.6. The summed E-state index contributed by atoms with van der Waals surface area (Å²) in [5.74, 6) is -0.245. The third-order valence-electron chi connectivity index (χ3n) is 6.12. The van der Waals surface area contributed by atoms with Crippen LogP contribution in [-0.2, 0) is 21.2 Å². The maximum Gasteiger partial charge on any atom is 0.261 e. The van der Waals surface area contributed by atoms with Crippen molar-refractivity contribution in [3.63, 3.8) is 0 Å². The van der Waals surface area contributed by atoms with E-state index in [9.17, 15) is 13.2 Å². The van der Waals surface area contributed by atoms with Crippen LogP contribution in [0.4, 0.5) is 11.4 Å². The minimum Gasteiger partial charge on any atom is -0.376 e. The predicted octanol–water partition coefficient (Wildman–Crippen LogP) is 2.37. The molecule has 2 saturated heterocycles. The lowest BCUT2D eigenvalue weighted by Gasteiger charge is -2.31. The number of sulfonamides is 1. The fourth-order valence-corrected chi connectivity index (χ4v) is 5.23. The zero-order valence-electron chi connectivity index (χ0n) is 19.0. The fourth-order valence-electron chi connectivity index (χ4n) is 4.16. The lowest BCUT2D eigenvalue weighted by Crippen LogP contribution is -2.43. The van der Waals surface area contributed by atoms with Gasteiger partial charge in [-0.2, -0.15) is 0 Å². The smallest absolute Gasteiger partial charge is 0.261 e. The number of carbonyl (C=O) groups excluding carboxylic acids is 1. The molecular weight excluding hydrogens is 440 g/mol. The van der Waals surface area contributed by atoms with Crippen molar-refractivity contribution < 1.29 is 17.9 Å². The molecule has 8 nitrogen and oxygen atoms in total. The van der Waals surface area contributed by atoms with Crippen LogP contribution in [0.5, 0.6) is 0 Å². The lowest BCUT2D eigenvalue weighted by molar-refractivity contribution is 0.0858. The summed E-state index contributed by atoms with van der Waals surface area (Å²) in [6.07, 6.45) is 2.82. The molecular formula is C24H32N4O4S. The second kappa shape index (κ2) is 10.5. The number of carbonyl (C=O) groups is 1. The van der Waals surface area contributed by atoms with E-state index in [4.69, 9.17) is 4.74 Å². The Bertz CT molecular complexity index is 1060. The van der Waals surface area contributed by atoms with E-state index in [1.54, 1.807) is 24.3 Å². The normalized spacial score (nSPS) is 18.8. The van der Waals surface area contributed by atoms with Gasteiger partial charge >= 0.3 is 0 Å². The largest absolute Gasteiger partial charge is 0.376 e. The van der Waals surface area contributed by atoms with E-state index < -0.39 is 10.0 Å². The van der Waals surface area contributed by atoms with Crippen LogP contribution < -0.4 is 20.3 Å². The van der Waals surface area contributed by atoms with Gasteiger partial charge < -0.3 is 20.3 Å². The summed E-state index contributed by atoms with van der Waals surface area (Å²) < 4.78 is 34.6. The number of amides is 1.